The number of fused-ring (bicyclic) bond motifs is 1. The summed E-state index contributed by atoms with van der Waals surface area (Å²) in [6.07, 6.45) is 1.85. The molecule has 1 amide bonds. The average molecular weight is 908 g/mol. The third kappa shape index (κ3) is 7.31. The Kier molecular flexibility index (Phi) is 10.4. The van der Waals surface area contributed by atoms with Gasteiger partial charge in [-0.25, -0.2) is 4.99 Å². The van der Waals surface area contributed by atoms with E-state index in [4.69, 9.17) is 37.7 Å². The number of carbonyl (C=O) groups is 1. The molecule has 1 N–H and O–H groups in total. The molecule has 12 heteroatoms. The molecule has 0 aliphatic carbocycles. The van der Waals surface area contributed by atoms with Crippen LogP contribution in [-0.4, -0.2) is 17.6 Å². The molecule has 5 aromatic rings. The largest absolute Gasteiger partial charge is 0.497 e. The Labute approximate surface area is 311 Å². The van der Waals surface area contributed by atoms with Crippen molar-refractivity contribution in [2.75, 3.05) is 12.4 Å². The predicted molar refractivity (Wildman–Crippen MR) is 205 cm³/mol. The first-order valence-corrected chi connectivity index (χ1v) is 17.9. The number of hydrogen-bond acceptors (Lipinski definition) is 6. The zero-order valence-corrected chi connectivity index (χ0v) is 31.5. The molecule has 4 aromatic carbocycles. The number of methoxy groups -OCH3 is 1. The van der Waals surface area contributed by atoms with Gasteiger partial charge in [0.25, 0.3) is 11.5 Å². The van der Waals surface area contributed by atoms with Crippen LogP contribution in [0.25, 0.3) is 6.08 Å². The number of allylic oxidation sites excluding steroid dienone is 1. The van der Waals surface area contributed by atoms with E-state index in [0.717, 1.165) is 29.6 Å². The van der Waals surface area contributed by atoms with E-state index in [2.05, 4.69) is 50.5 Å². The fourth-order valence-electron chi connectivity index (χ4n) is 5.17. The third-order valence-corrected chi connectivity index (χ3v) is 10.6. The Bertz CT molecular complexity index is 2200. The lowest BCUT2D eigenvalue weighted by atomic mass is 9.95. The first-order valence-electron chi connectivity index (χ1n) is 14.2. The second kappa shape index (κ2) is 14.5. The standard InChI is InChI=1S/C35H25Cl2I2N3O4S/c1-19-30(33(43)41-24-6-4-3-5-7-24)31(21-9-12-25(45-2)13-10-21)42-34(44)29(47-35(42)40-19)16-20-14-27(38)32(28(39)15-20)46-18-22-8-11-23(36)17-26(22)37/h3-17,31H,18H2,1-2H3,(H,41,43)/b29-16+/t31-/m1/s1. The van der Waals surface area contributed by atoms with E-state index in [1.165, 1.54) is 11.3 Å². The van der Waals surface area contributed by atoms with Crippen molar-refractivity contribution in [2.45, 2.75) is 19.6 Å². The smallest absolute Gasteiger partial charge is 0.271 e. The summed E-state index contributed by atoms with van der Waals surface area (Å²) in [5.74, 6) is 1.07. The van der Waals surface area contributed by atoms with E-state index in [1.54, 1.807) is 30.7 Å². The summed E-state index contributed by atoms with van der Waals surface area (Å²) >= 11 is 18.1. The zero-order chi connectivity index (χ0) is 33.2. The van der Waals surface area contributed by atoms with Gasteiger partial charge in [0.1, 0.15) is 18.1 Å². The molecule has 1 aromatic heterocycles. The Balaban J connectivity index is 1.38. The number of para-hydroxylation sites is 1. The van der Waals surface area contributed by atoms with Crippen molar-refractivity contribution in [3.05, 3.63) is 150 Å². The van der Waals surface area contributed by atoms with Gasteiger partial charge in [0, 0.05) is 21.3 Å². The summed E-state index contributed by atoms with van der Waals surface area (Å²) in [7, 11) is 1.59. The van der Waals surface area contributed by atoms with E-state index in [9.17, 15) is 9.59 Å². The molecule has 0 unspecified atom stereocenters. The predicted octanol–water partition coefficient (Wildman–Crippen LogP) is 7.98. The average Bonchev–Trinajstić information content (AvgIpc) is 3.34. The lowest BCUT2D eigenvalue weighted by Gasteiger charge is -2.25. The van der Waals surface area contributed by atoms with Gasteiger partial charge in [-0.15, -0.1) is 0 Å². The van der Waals surface area contributed by atoms with Crippen molar-refractivity contribution in [2.24, 2.45) is 4.99 Å². The van der Waals surface area contributed by atoms with Crippen LogP contribution in [0.3, 0.4) is 0 Å². The van der Waals surface area contributed by atoms with Gasteiger partial charge in [-0.1, -0.05) is 70.9 Å². The van der Waals surface area contributed by atoms with Crippen molar-refractivity contribution in [1.82, 2.24) is 4.57 Å². The lowest BCUT2D eigenvalue weighted by molar-refractivity contribution is -0.113. The Morgan fingerprint density at radius 2 is 1.72 bits per heavy atom. The first-order chi connectivity index (χ1) is 22.6. The minimum absolute atomic E-state index is 0.241. The molecule has 47 heavy (non-hydrogen) atoms. The summed E-state index contributed by atoms with van der Waals surface area (Å²) in [6, 6.07) is 25.1. The van der Waals surface area contributed by atoms with Crippen molar-refractivity contribution >= 4 is 97.4 Å². The van der Waals surface area contributed by atoms with Crippen molar-refractivity contribution < 1.29 is 14.3 Å². The van der Waals surface area contributed by atoms with Gasteiger partial charge in [-0.3, -0.25) is 14.2 Å². The van der Waals surface area contributed by atoms with Gasteiger partial charge >= 0.3 is 0 Å². The molecule has 1 atom stereocenters. The van der Waals surface area contributed by atoms with Crippen molar-refractivity contribution in [1.29, 1.82) is 0 Å². The molecule has 1 aliphatic heterocycles. The molecule has 0 spiro atoms. The number of ether oxygens (including phenoxy) is 2. The molecule has 7 nitrogen and oxygen atoms in total. The van der Waals surface area contributed by atoms with Crippen LogP contribution < -0.4 is 29.7 Å². The highest BCUT2D eigenvalue weighted by atomic mass is 127. The fourth-order valence-corrected chi connectivity index (χ4v) is 8.81. The second-order valence-electron chi connectivity index (χ2n) is 10.5. The van der Waals surface area contributed by atoms with Gasteiger partial charge in [0.05, 0.1) is 36.1 Å². The van der Waals surface area contributed by atoms with Gasteiger partial charge in [0.2, 0.25) is 0 Å². The summed E-state index contributed by atoms with van der Waals surface area (Å²) in [5, 5.41) is 4.08. The van der Waals surface area contributed by atoms with E-state index < -0.39 is 6.04 Å². The molecule has 0 bridgehead atoms. The molecule has 238 valence electrons. The van der Waals surface area contributed by atoms with Crippen LogP contribution in [0.5, 0.6) is 11.5 Å². The van der Waals surface area contributed by atoms with Crippen LogP contribution in [-0.2, 0) is 11.4 Å². The number of benzene rings is 4. The van der Waals surface area contributed by atoms with Crippen LogP contribution in [0.15, 0.2) is 106 Å². The summed E-state index contributed by atoms with van der Waals surface area (Å²) < 4.78 is 15.4. The highest BCUT2D eigenvalue weighted by Gasteiger charge is 2.32. The van der Waals surface area contributed by atoms with Crippen LogP contribution in [0.2, 0.25) is 10.0 Å². The maximum absolute atomic E-state index is 14.2. The zero-order valence-electron chi connectivity index (χ0n) is 24.9. The van der Waals surface area contributed by atoms with Crippen molar-refractivity contribution in [3.63, 3.8) is 0 Å². The summed E-state index contributed by atoms with van der Waals surface area (Å²) in [5.41, 5.74) is 3.76. The van der Waals surface area contributed by atoms with Crippen LogP contribution in [0.1, 0.15) is 29.7 Å². The first kappa shape index (κ1) is 33.7. The molecule has 6 rings (SSSR count). The summed E-state index contributed by atoms with van der Waals surface area (Å²) in [4.78, 5) is 33.2. The molecule has 0 radical (unpaired) electrons. The number of nitrogens with one attached hydrogen (secondary N) is 1. The molecule has 1 aliphatic rings. The highest BCUT2D eigenvalue weighted by Crippen LogP contribution is 2.33. The fraction of sp³-hybridized carbons (Fsp3) is 0.114. The van der Waals surface area contributed by atoms with E-state index in [-0.39, 0.29) is 18.1 Å². The highest BCUT2D eigenvalue weighted by molar-refractivity contribution is 14.1. The van der Waals surface area contributed by atoms with Crippen LogP contribution in [0, 0.1) is 7.14 Å². The van der Waals surface area contributed by atoms with Gasteiger partial charge in [0.15, 0.2) is 4.80 Å². The number of anilines is 1. The summed E-state index contributed by atoms with van der Waals surface area (Å²) in [6.45, 7) is 2.08. The van der Waals surface area contributed by atoms with Crippen LogP contribution >= 0.6 is 79.7 Å². The number of hydrogen-bond donors (Lipinski definition) is 1. The van der Waals surface area contributed by atoms with Gasteiger partial charge in [-0.05, 0) is 118 Å². The van der Waals surface area contributed by atoms with E-state index in [1.807, 2.05) is 78.9 Å². The van der Waals surface area contributed by atoms with E-state index in [0.29, 0.717) is 42.1 Å². The number of rotatable bonds is 8. The number of halogens is 4. The molecular formula is C35H25Cl2I2N3O4S. The Morgan fingerprint density at radius 3 is 2.38 bits per heavy atom. The maximum atomic E-state index is 14.2. The Hall–Kier alpha value is -3.17. The van der Waals surface area contributed by atoms with Crippen LogP contribution in [0.4, 0.5) is 5.69 Å². The second-order valence-corrected chi connectivity index (χ2v) is 14.7. The Morgan fingerprint density at radius 1 is 1.02 bits per heavy atom. The monoisotopic (exact) mass is 907 g/mol. The molecule has 0 fully saturated rings. The number of thiazole rings is 1. The minimum Gasteiger partial charge on any atom is -0.497 e. The molecular weight excluding hydrogens is 883 g/mol. The quantitative estimate of drug-likeness (QED) is 0.160. The van der Waals surface area contributed by atoms with Gasteiger partial charge < -0.3 is 14.8 Å². The molecule has 0 saturated carbocycles. The number of nitrogens with zero attached hydrogens (tertiary/aromatic N) is 2. The number of carbonyl (C=O) groups excluding carboxylic acids is 1. The normalized spacial score (nSPS) is 14.4. The lowest BCUT2D eigenvalue weighted by Crippen LogP contribution is -2.40. The number of amides is 1. The third-order valence-electron chi connectivity index (χ3n) is 7.44. The van der Waals surface area contributed by atoms with Gasteiger partial charge in [-0.2, -0.15) is 0 Å². The minimum atomic E-state index is -0.696. The maximum Gasteiger partial charge on any atom is 0.271 e. The molecule has 0 saturated heterocycles. The van der Waals surface area contributed by atoms with E-state index >= 15 is 0 Å². The number of aromatic nitrogens is 1. The molecule has 2 heterocycles. The van der Waals surface area contributed by atoms with Crippen molar-refractivity contribution in [3.8, 4) is 11.5 Å². The SMILES string of the molecule is COc1ccc([C@@H]2C(C(=O)Nc3ccccc3)=C(C)N=c3s/c(=C/c4cc(I)c(OCc5ccc(Cl)cc5Cl)c(I)c4)c(=O)n32)cc1. The topological polar surface area (TPSA) is 81.9 Å².